The van der Waals surface area contributed by atoms with Crippen LogP contribution in [0.25, 0.3) is 5.82 Å². The monoisotopic (exact) mass is 204 g/mol. The largest absolute Gasteiger partial charge is 0.384 e. The second-order valence-corrected chi connectivity index (χ2v) is 2.81. The highest BCUT2D eigenvalue weighted by molar-refractivity contribution is 5.90. The van der Waals surface area contributed by atoms with Crippen molar-refractivity contribution < 1.29 is 4.79 Å². The summed E-state index contributed by atoms with van der Waals surface area (Å²) in [6.07, 6.45) is 2.89. The van der Waals surface area contributed by atoms with Gasteiger partial charge in [0.15, 0.2) is 5.82 Å². The van der Waals surface area contributed by atoms with Crippen LogP contribution < -0.4 is 11.5 Å². The van der Waals surface area contributed by atoms with Gasteiger partial charge < -0.3 is 11.5 Å². The molecule has 15 heavy (non-hydrogen) atoms. The van der Waals surface area contributed by atoms with Gasteiger partial charge in [0.2, 0.25) is 0 Å². The van der Waals surface area contributed by atoms with Crippen LogP contribution in [-0.4, -0.2) is 25.7 Å². The van der Waals surface area contributed by atoms with Gasteiger partial charge in [-0.05, 0) is 6.07 Å². The molecule has 0 fully saturated rings. The van der Waals surface area contributed by atoms with Crippen LogP contribution in [0.1, 0.15) is 10.5 Å². The molecule has 0 aliphatic rings. The summed E-state index contributed by atoms with van der Waals surface area (Å²) < 4.78 is 1.40. The van der Waals surface area contributed by atoms with Gasteiger partial charge in [-0.1, -0.05) is 0 Å². The Morgan fingerprint density at radius 1 is 1.40 bits per heavy atom. The van der Waals surface area contributed by atoms with Crippen LogP contribution in [0.4, 0.5) is 5.82 Å². The molecule has 2 heterocycles. The normalized spacial score (nSPS) is 10.1. The summed E-state index contributed by atoms with van der Waals surface area (Å²) in [5, 5.41) is 3.92. The van der Waals surface area contributed by atoms with Gasteiger partial charge >= 0.3 is 0 Å². The van der Waals surface area contributed by atoms with E-state index >= 15 is 0 Å². The molecule has 0 radical (unpaired) electrons. The number of hydrogen-bond donors (Lipinski definition) is 2. The first-order chi connectivity index (χ1) is 7.16. The highest BCUT2D eigenvalue weighted by atomic mass is 16.1. The third kappa shape index (κ3) is 1.75. The van der Waals surface area contributed by atoms with Gasteiger partial charge in [-0.2, -0.15) is 5.10 Å². The summed E-state index contributed by atoms with van der Waals surface area (Å²) in [5.74, 6) is 0.224. The van der Waals surface area contributed by atoms with Gasteiger partial charge in [-0.25, -0.2) is 14.6 Å². The third-order valence-electron chi connectivity index (χ3n) is 1.75. The second kappa shape index (κ2) is 3.37. The fraction of sp³-hybridized carbons (Fsp3) is 0. The molecule has 0 bridgehead atoms. The quantitative estimate of drug-likeness (QED) is 0.674. The third-order valence-corrected chi connectivity index (χ3v) is 1.75. The molecule has 4 N–H and O–H groups in total. The predicted molar refractivity (Wildman–Crippen MR) is 52.1 cm³/mol. The van der Waals surface area contributed by atoms with Gasteiger partial charge in [0, 0.05) is 12.3 Å². The number of carbonyl (C=O) groups is 1. The molecule has 0 atom stereocenters. The number of primary amides is 1. The Labute approximate surface area is 84.7 Å². The summed E-state index contributed by atoms with van der Waals surface area (Å²) in [4.78, 5) is 18.5. The molecular formula is C8H8N6O. The fourth-order valence-electron chi connectivity index (χ4n) is 1.07. The Bertz CT molecular complexity index is 505. The van der Waals surface area contributed by atoms with Gasteiger partial charge in [0.25, 0.3) is 5.91 Å². The zero-order valence-electron chi connectivity index (χ0n) is 7.66. The van der Waals surface area contributed by atoms with Crippen molar-refractivity contribution in [1.29, 1.82) is 0 Å². The molecule has 0 aliphatic heterocycles. The predicted octanol–water partition coefficient (Wildman–Crippen LogP) is -0.657. The number of carbonyl (C=O) groups excluding carboxylic acids is 1. The lowest BCUT2D eigenvalue weighted by atomic mass is 10.4. The Morgan fingerprint density at radius 3 is 2.80 bits per heavy atom. The molecule has 0 aliphatic carbocycles. The number of aromatic nitrogens is 4. The molecule has 2 rings (SSSR count). The second-order valence-electron chi connectivity index (χ2n) is 2.81. The average Bonchev–Trinajstić information content (AvgIpc) is 2.66. The number of nitrogens with two attached hydrogens (primary N) is 2. The van der Waals surface area contributed by atoms with Crippen LogP contribution in [0.2, 0.25) is 0 Å². The van der Waals surface area contributed by atoms with E-state index in [-0.39, 0.29) is 5.69 Å². The van der Waals surface area contributed by atoms with Gasteiger partial charge in [-0.3, -0.25) is 4.79 Å². The number of nitrogen functional groups attached to an aromatic ring is 1. The Morgan fingerprint density at radius 2 is 2.20 bits per heavy atom. The molecule has 7 nitrogen and oxygen atoms in total. The maximum atomic E-state index is 10.8. The molecule has 0 aromatic carbocycles. The molecule has 0 saturated carbocycles. The Balaban J connectivity index is 2.41. The van der Waals surface area contributed by atoms with Crippen LogP contribution in [0.5, 0.6) is 0 Å². The summed E-state index contributed by atoms with van der Waals surface area (Å²) in [6.45, 7) is 0. The van der Waals surface area contributed by atoms with Crippen LogP contribution in [0.3, 0.4) is 0 Å². The van der Waals surface area contributed by atoms with Crippen molar-refractivity contribution in [3.05, 3.63) is 30.4 Å². The molecule has 0 unspecified atom stereocenters. The summed E-state index contributed by atoms with van der Waals surface area (Å²) in [7, 11) is 0. The first kappa shape index (κ1) is 9.13. The van der Waals surface area contributed by atoms with E-state index in [0.29, 0.717) is 11.6 Å². The summed E-state index contributed by atoms with van der Waals surface area (Å²) in [6, 6.07) is 3.04. The lowest BCUT2D eigenvalue weighted by Crippen LogP contribution is -2.12. The number of nitrogens with zero attached hydrogens (tertiary/aromatic N) is 4. The van der Waals surface area contributed by atoms with Gasteiger partial charge in [0.1, 0.15) is 17.8 Å². The van der Waals surface area contributed by atoms with Crippen molar-refractivity contribution >= 4 is 11.7 Å². The zero-order chi connectivity index (χ0) is 10.8. The van der Waals surface area contributed by atoms with E-state index in [2.05, 4.69) is 15.1 Å². The zero-order valence-corrected chi connectivity index (χ0v) is 7.66. The van der Waals surface area contributed by atoms with Crippen LogP contribution >= 0.6 is 0 Å². The minimum Gasteiger partial charge on any atom is -0.384 e. The lowest BCUT2D eigenvalue weighted by molar-refractivity contribution is 0.0995. The molecule has 1 amide bonds. The van der Waals surface area contributed by atoms with E-state index in [4.69, 9.17) is 11.5 Å². The SMILES string of the molecule is NC(=O)c1ccn(-c2cc(N)ncn2)n1. The molecular weight excluding hydrogens is 196 g/mol. The highest BCUT2D eigenvalue weighted by Gasteiger charge is 2.06. The smallest absolute Gasteiger partial charge is 0.269 e. The van der Waals surface area contributed by atoms with E-state index < -0.39 is 5.91 Å². The first-order valence-corrected chi connectivity index (χ1v) is 4.10. The number of amides is 1. The van der Waals surface area contributed by atoms with E-state index in [1.165, 1.54) is 23.1 Å². The van der Waals surface area contributed by atoms with Crippen molar-refractivity contribution in [3.8, 4) is 5.82 Å². The van der Waals surface area contributed by atoms with Crippen molar-refractivity contribution in [3.63, 3.8) is 0 Å². The van der Waals surface area contributed by atoms with E-state index in [1.807, 2.05) is 0 Å². The van der Waals surface area contributed by atoms with E-state index in [9.17, 15) is 4.79 Å². The Hall–Kier alpha value is -2.44. The van der Waals surface area contributed by atoms with E-state index in [0.717, 1.165) is 0 Å². The topological polar surface area (TPSA) is 113 Å². The minimum absolute atomic E-state index is 0.173. The highest BCUT2D eigenvalue weighted by Crippen LogP contribution is 2.05. The standard InChI is InChI=1S/C8H8N6O/c9-6-3-7(12-4-11-6)14-2-1-5(13-14)8(10)15/h1-4H,(H2,10,15)(H2,9,11,12). The molecule has 2 aromatic rings. The molecule has 0 spiro atoms. The van der Waals surface area contributed by atoms with Crippen molar-refractivity contribution in [2.75, 3.05) is 5.73 Å². The number of anilines is 1. The summed E-state index contributed by atoms with van der Waals surface area (Å²) >= 11 is 0. The molecule has 0 saturated heterocycles. The van der Waals surface area contributed by atoms with E-state index in [1.54, 1.807) is 6.20 Å². The van der Waals surface area contributed by atoms with Gasteiger partial charge in [0.05, 0.1) is 0 Å². The summed E-state index contributed by atoms with van der Waals surface area (Å²) in [5.41, 5.74) is 10.7. The minimum atomic E-state index is -0.587. The van der Waals surface area contributed by atoms with Crippen LogP contribution in [0, 0.1) is 0 Å². The lowest BCUT2D eigenvalue weighted by Gasteiger charge is -1.99. The van der Waals surface area contributed by atoms with Crippen molar-refractivity contribution in [2.24, 2.45) is 5.73 Å². The Kier molecular flexibility index (Phi) is 2.05. The maximum absolute atomic E-state index is 10.8. The molecule has 76 valence electrons. The average molecular weight is 204 g/mol. The van der Waals surface area contributed by atoms with Crippen molar-refractivity contribution in [2.45, 2.75) is 0 Å². The number of rotatable bonds is 2. The number of hydrogen-bond acceptors (Lipinski definition) is 5. The van der Waals surface area contributed by atoms with Crippen molar-refractivity contribution in [1.82, 2.24) is 19.7 Å². The molecule has 7 heteroatoms. The molecule has 2 aromatic heterocycles. The van der Waals surface area contributed by atoms with Crippen LogP contribution in [-0.2, 0) is 0 Å². The first-order valence-electron chi connectivity index (χ1n) is 4.10. The fourth-order valence-corrected chi connectivity index (χ4v) is 1.07. The van der Waals surface area contributed by atoms with Gasteiger partial charge in [-0.15, -0.1) is 0 Å². The van der Waals surface area contributed by atoms with Crippen LogP contribution in [0.15, 0.2) is 24.7 Å². The maximum Gasteiger partial charge on any atom is 0.269 e.